The number of benzene rings is 2. The van der Waals surface area contributed by atoms with E-state index in [9.17, 15) is 4.79 Å². The highest BCUT2D eigenvalue weighted by Crippen LogP contribution is 2.25. The Labute approximate surface area is 184 Å². The monoisotopic (exact) mass is 424 g/mol. The zero-order chi connectivity index (χ0) is 22.2. The van der Waals surface area contributed by atoms with Crippen LogP contribution in [-0.2, 0) is 24.4 Å². The van der Waals surface area contributed by atoms with Gasteiger partial charge in [0, 0.05) is 58.3 Å². The molecule has 1 amide bonds. The van der Waals surface area contributed by atoms with Crippen LogP contribution < -0.4 is 14.8 Å². The maximum absolute atomic E-state index is 12.6. The molecule has 0 radical (unpaired) electrons. The van der Waals surface area contributed by atoms with Gasteiger partial charge in [-0.3, -0.25) is 9.79 Å². The lowest BCUT2D eigenvalue weighted by Crippen LogP contribution is -2.39. The highest BCUT2D eigenvalue weighted by atomic mass is 16.5. The Morgan fingerprint density at radius 1 is 1.13 bits per heavy atom. The average Bonchev–Trinajstić information content (AvgIpc) is 3.23. The first-order chi connectivity index (χ1) is 15.0. The van der Waals surface area contributed by atoms with E-state index < -0.39 is 0 Å². The van der Waals surface area contributed by atoms with Crippen molar-refractivity contribution in [2.45, 2.75) is 32.5 Å². The lowest BCUT2D eigenvalue weighted by Gasteiger charge is -2.23. The smallest absolute Gasteiger partial charge is 0.223 e. The first-order valence-electron chi connectivity index (χ1n) is 10.5. The summed E-state index contributed by atoms with van der Waals surface area (Å²) < 4.78 is 10.8. The highest BCUT2D eigenvalue weighted by Gasteiger charge is 2.22. The molecule has 7 heteroatoms. The van der Waals surface area contributed by atoms with Gasteiger partial charge in [0.2, 0.25) is 5.91 Å². The number of methoxy groups -OCH3 is 2. The van der Waals surface area contributed by atoms with Gasteiger partial charge in [0.1, 0.15) is 11.5 Å². The third kappa shape index (κ3) is 5.69. The van der Waals surface area contributed by atoms with Crippen LogP contribution in [-0.4, -0.2) is 56.5 Å². The van der Waals surface area contributed by atoms with Gasteiger partial charge in [-0.25, -0.2) is 0 Å². The lowest BCUT2D eigenvalue weighted by atomic mass is 10.1. The average molecular weight is 425 g/mol. The fourth-order valence-electron chi connectivity index (χ4n) is 3.81. The molecule has 0 atom stereocenters. The Hall–Kier alpha value is -3.22. The summed E-state index contributed by atoms with van der Waals surface area (Å²) in [6.07, 6.45) is 1.28. The molecule has 0 saturated heterocycles. The van der Waals surface area contributed by atoms with E-state index in [4.69, 9.17) is 9.47 Å². The van der Waals surface area contributed by atoms with Crippen molar-refractivity contribution in [3.8, 4) is 11.5 Å². The van der Waals surface area contributed by atoms with E-state index in [-0.39, 0.29) is 5.91 Å². The number of guanidine groups is 1. The molecule has 3 rings (SSSR count). The van der Waals surface area contributed by atoms with Gasteiger partial charge in [-0.1, -0.05) is 24.3 Å². The molecule has 0 bridgehead atoms. The Bertz CT molecular complexity index is 904. The van der Waals surface area contributed by atoms with Gasteiger partial charge in [-0.15, -0.1) is 0 Å². The van der Waals surface area contributed by atoms with Crippen molar-refractivity contribution in [1.29, 1.82) is 0 Å². The number of carbonyl (C=O) groups excluding carboxylic acids is 1. The van der Waals surface area contributed by atoms with Crippen LogP contribution in [0.25, 0.3) is 0 Å². The van der Waals surface area contributed by atoms with Crippen LogP contribution in [0, 0.1) is 0 Å². The van der Waals surface area contributed by atoms with Gasteiger partial charge < -0.3 is 24.6 Å². The Balaban J connectivity index is 1.45. The van der Waals surface area contributed by atoms with E-state index in [1.165, 1.54) is 11.1 Å². The van der Waals surface area contributed by atoms with Gasteiger partial charge in [0.25, 0.3) is 0 Å². The summed E-state index contributed by atoms with van der Waals surface area (Å²) in [4.78, 5) is 20.9. The fraction of sp³-hybridized carbons (Fsp3) is 0.417. The molecule has 0 aliphatic carbocycles. The van der Waals surface area contributed by atoms with E-state index in [2.05, 4.69) is 22.4 Å². The number of fused-ring (bicyclic) bond motifs is 1. The third-order valence-electron chi connectivity index (χ3n) is 5.52. The van der Waals surface area contributed by atoms with Gasteiger partial charge in [0.15, 0.2) is 5.96 Å². The van der Waals surface area contributed by atoms with Crippen molar-refractivity contribution < 1.29 is 14.3 Å². The molecule has 1 aliphatic rings. The molecule has 0 saturated carbocycles. The van der Waals surface area contributed by atoms with Crippen molar-refractivity contribution in [2.24, 2.45) is 4.99 Å². The second-order valence-corrected chi connectivity index (χ2v) is 7.63. The zero-order valence-electron chi connectivity index (χ0n) is 18.9. The van der Waals surface area contributed by atoms with Crippen LogP contribution in [0.4, 0.5) is 0 Å². The molecule has 1 N–H and O–H groups in total. The summed E-state index contributed by atoms with van der Waals surface area (Å²) in [7, 11) is 7.03. The van der Waals surface area contributed by atoms with Crippen molar-refractivity contribution >= 4 is 11.9 Å². The zero-order valence-corrected chi connectivity index (χ0v) is 18.9. The number of aliphatic imine (C=N–C) groups is 1. The summed E-state index contributed by atoms with van der Waals surface area (Å²) in [5.41, 5.74) is 3.55. The van der Waals surface area contributed by atoms with E-state index in [1.807, 2.05) is 47.2 Å². The Kier molecular flexibility index (Phi) is 7.76. The summed E-state index contributed by atoms with van der Waals surface area (Å²) >= 11 is 0. The molecule has 2 aromatic rings. The summed E-state index contributed by atoms with van der Waals surface area (Å²) in [5, 5.41) is 3.35. The summed E-state index contributed by atoms with van der Waals surface area (Å²) in [6, 6.07) is 14.0. The van der Waals surface area contributed by atoms with E-state index >= 15 is 0 Å². The molecule has 166 valence electrons. The maximum Gasteiger partial charge on any atom is 0.223 e. The van der Waals surface area contributed by atoms with Crippen LogP contribution in [0.3, 0.4) is 0 Å². The standard InChI is InChI=1S/C24H32N4O3/c1-25-24(27(2)15-20-11-12-21(30-3)14-22(20)31-4)26-13-7-10-23(29)28-16-18-8-5-6-9-19(18)17-28/h5-6,8-9,11-12,14H,7,10,13,15-17H2,1-4H3,(H,25,26). The molecule has 0 spiro atoms. The minimum absolute atomic E-state index is 0.198. The molecule has 1 aliphatic heterocycles. The minimum atomic E-state index is 0.198. The second kappa shape index (κ2) is 10.7. The molecule has 0 fully saturated rings. The quantitative estimate of drug-likeness (QED) is 0.401. The Morgan fingerprint density at radius 3 is 2.45 bits per heavy atom. The first-order valence-corrected chi connectivity index (χ1v) is 10.5. The largest absolute Gasteiger partial charge is 0.497 e. The van der Waals surface area contributed by atoms with Crippen LogP contribution >= 0.6 is 0 Å². The molecule has 0 unspecified atom stereocenters. The van der Waals surface area contributed by atoms with Gasteiger partial charge >= 0.3 is 0 Å². The lowest BCUT2D eigenvalue weighted by molar-refractivity contribution is -0.131. The van der Waals surface area contributed by atoms with Crippen LogP contribution in [0.15, 0.2) is 47.5 Å². The predicted molar refractivity (Wildman–Crippen MR) is 122 cm³/mol. The fourth-order valence-corrected chi connectivity index (χ4v) is 3.81. The van der Waals surface area contributed by atoms with Crippen LogP contribution in [0.1, 0.15) is 29.5 Å². The number of nitrogens with zero attached hydrogens (tertiary/aromatic N) is 3. The molecule has 7 nitrogen and oxygen atoms in total. The predicted octanol–water partition coefficient (Wildman–Crippen LogP) is 3.03. The Morgan fingerprint density at radius 2 is 1.84 bits per heavy atom. The molecular formula is C24H32N4O3. The number of nitrogens with one attached hydrogen (secondary N) is 1. The number of amides is 1. The van der Waals surface area contributed by atoms with Crippen LogP contribution in [0.5, 0.6) is 11.5 Å². The minimum Gasteiger partial charge on any atom is -0.497 e. The van der Waals surface area contributed by atoms with Gasteiger partial charge in [-0.2, -0.15) is 0 Å². The van der Waals surface area contributed by atoms with E-state index in [0.29, 0.717) is 19.5 Å². The maximum atomic E-state index is 12.6. The van der Waals surface area contributed by atoms with Crippen molar-refractivity contribution in [1.82, 2.24) is 15.1 Å². The molecular weight excluding hydrogens is 392 g/mol. The summed E-state index contributed by atoms with van der Waals surface area (Å²) in [5.74, 6) is 2.51. The van der Waals surface area contributed by atoms with Crippen molar-refractivity contribution in [3.63, 3.8) is 0 Å². The van der Waals surface area contributed by atoms with Crippen molar-refractivity contribution in [3.05, 3.63) is 59.2 Å². The molecule has 31 heavy (non-hydrogen) atoms. The number of hydrogen-bond donors (Lipinski definition) is 1. The number of ether oxygens (including phenoxy) is 2. The van der Waals surface area contributed by atoms with E-state index in [1.54, 1.807) is 21.3 Å². The SMILES string of the molecule is CN=C(NCCCC(=O)N1Cc2ccccc2C1)N(C)Cc1ccc(OC)cc1OC. The van der Waals surface area contributed by atoms with Crippen molar-refractivity contribution in [2.75, 3.05) is 34.9 Å². The topological polar surface area (TPSA) is 66.4 Å². The first kappa shape index (κ1) is 22.5. The normalized spacial score (nSPS) is 13.0. The van der Waals surface area contributed by atoms with E-state index in [0.717, 1.165) is 42.5 Å². The van der Waals surface area contributed by atoms with Gasteiger partial charge in [0.05, 0.1) is 14.2 Å². The number of carbonyl (C=O) groups is 1. The molecule has 2 aromatic carbocycles. The molecule has 0 aromatic heterocycles. The van der Waals surface area contributed by atoms with Gasteiger partial charge in [-0.05, 0) is 29.7 Å². The number of hydrogen-bond acceptors (Lipinski definition) is 4. The highest BCUT2D eigenvalue weighted by molar-refractivity contribution is 5.80. The third-order valence-corrected chi connectivity index (χ3v) is 5.52. The second-order valence-electron chi connectivity index (χ2n) is 7.63. The molecule has 1 heterocycles. The number of rotatable bonds is 8. The summed E-state index contributed by atoms with van der Waals surface area (Å²) in [6.45, 7) is 2.76. The van der Waals surface area contributed by atoms with Crippen LogP contribution in [0.2, 0.25) is 0 Å².